The van der Waals surface area contributed by atoms with Crippen molar-refractivity contribution in [3.63, 3.8) is 0 Å². The predicted molar refractivity (Wildman–Crippen MR) is 278 cm³/mol. The first-order valence-corrected chi connectivity index (χ1v) is 27.2. The molecule has 75 heavy (non-hydrogen) atoms. The molecule has 0 bridgehead atoms. The van der Waals surface area contributed by atoms with Crippen LogP contribution in [-0.2, 0) is 16.6 Å². The number of anilines is 2. The Kier molecular flexibility index (Phi) is 14.4. The van der Waals surface area contributed by atoms with Crippen LogP contribution in [0.1, 0.15) is 111 Å². The quantitative estimate of drug-likeness (QED) is 0.0560. The summed E-state index contributed by atoms with van der Waals surface area (Å²) in [6.07, 6.45) is 9.94. The number of pyridine rings is 2. The molecule has 396 valence electrons. The van der Waals surface area contributed by atoms with Gasteiger partial charge in [0.15, 0.2) is 11.6 Å². The number of hydrogen-bond acceptors (Lipinski definition) is 13. The van der Waals surface area contributed by atoms with E-state index in [9.17, 15) is 41.6 Å². The largest absolute Gasteiger partial charge is 0.455 e. The van der Waals surface area contributed by atoms with Crippen LogP contribution < -0.4 is 19.7 Å². The van der Waals surface area contributed by atoms with Crippen LogP contribution in [0.25, 0.3) is 11.0 Å². The van der Waals surface area contributed by atoms with Gasteiger partial charge in [0.25, 0.3) is 15.9 Å². The van der Waals surface area contributed by atoms with E-state index in [1.165, 1.54) is 41.6 Å². The number of rotatable bonds is 15. The normalized spacial score (nSPS) is 21.6. The third-order valence-electron chi connectivity index (χ3n) is 16.1. The molecule has 2 saturated heterocycles. The molecule has 1 spiro atoms. The molecule has 1 atom stereocenters. The van der Waals surface area contributed by atoms with Crippen molar-refractivity contribution in [2.75, 3.05) is 49.5 Å². The summed E-state index contributed by atoms with van der Waals surface area (Å²) >= 11 is 0. The molecule has 1 amide bonds. The Morgan fingerprint density at radius 1 is 0.933 bits per heavy atom. The first-order valence-electron chi connectivity index (χ1n) is 25.7. The van der Waals surface area contributed by atoms with E-state index in [1.54, 1.807) is 25.1 Å². The second kappa shape index (κ2) is 20.8. The van der Waals surface area contributed by atoms with Crippen LogP contribution in [-0.4, -0.2) is 100 Å². The number of sulfonamides is 1. The maximum Gasteiger partial charge on any atom is 0.312 e. The highest BCUT2D eigenvalue weighted by Gasteiger charge is 2.50. The number of benzene rings is 3. The van der Waals surface area contributed by atoms with Crippen LogP contribution in [0.2, 0.25) is 0 Å². The van der Waals surface area contributed by atoms with Gasteiger partial charge >= 0.3 is 5.69 Å². The van der Waals surface area contributed by atoms with Crippen LogP contribution in [0.15, 0.2) is 96.3 Å². The number of nitrogens with zero attached hydrogens (tertiary/aromatic N) is 6. The predicted octanol–water partition coefficient (Wildman–Crippen LogP) is 9.98. The standard InChI is InChI=1S/C55H62F3N9O7S/c1-34(2)41-6-4-5-7-42(41)49-33-64(32-36-8-11-45(56)46(57)22-36)20-21-66(49)38-26-55(27-38)16-18-65(19-17-55)37-9-10-43(50(23-37)74-39-24-44-47(58)31-62-51(44)60-29-39)53(68)63-75(72,73)40-25-48(67(70)71)52(61-30-40)59-28-35-12-14-54(3,69)15-13-35/h4-11,22-25,29-31,34-35,38,49,69H,12-21,26-28,32-33H2,1-3H3,(H,59,61)(H,60,62)(H,63,68)/t35?,49-,54?/m0/s1. The molecule has 16 nitrogen and oxygen atoms in total. The fraction of sp³-hybridized carbons (Fsp3) is 0.436. The number of hydrogen-bond donors (Lipinski definition) is 4. The van der Waals surface area contributed by atoms with Gasteiger partial charge in [-0.3, -0.25) is 24.7 Å². The number of ether oxygens (including phenoxy) is 1. The van der Waals surface area contributed by atoms with Crippen molar-refractivity contribution in [1.82, 2.24) is 29.5 Å². The highest BCUT2D eigenvalue weighted by atomic mass is 32.2. The molecule has 3 aromatic carbocycles. The minimum absolute atomic E-state index is 0.0226. The molecule has 2 aliphatic heterocycles. The van der Waals surface area contributed by atoms with Crippen LogP contribution >= 0.6 is 0 Å². The Morgan fingerprint density at radius 3 is 2.43 bits per heavy atom. The Morgan fingerprint density at radius 2 is 1.69 bits per heavy atom. The fourth-order valence-corrected chi connectivity index (χ4v) is 12.7. The lowest BCUT2D eigenvalue weighted by Crippen LogP contribution is -2.60. The summed E-state index contributed by atoms with van der Waals surface area (Å²) in [4.78, 5) is 43.2. The summed E-state index contributed by atoms with van der Waals surface area (Å²) in [6, 6.07) is 20.3. The molecule has 4 aliphatic rings. The van der Waals surface area contributed by atoms with E-state index in [4.69, 9.17) is 4.74 Å². The molecule has 2 aliphatic carbocycles. The summed E-state index contributed by atoms with van der Waals surface area (Å²) in [7, 11) is -4.73. The average Bonchev–Trinajstić information content (AvgIpc) is 3.75. The van der Waals surface area contributed by atoms with Gasteiger partial charge < -0.3 is 25.0 Å². The van der Waals surface area contributed by atoms with E-state index in [0.29, 0.717) is 63.8 Å². The van der Waals surface area contributed by atoms with Gasteiger partial charge in [-0.1, -0.05) is 44.2 Å². The van der Waals surface area contributed by atoms with Gasteiger partial charge in [0.1, 0.15) is 27.9 Å². The molecular weight excluding hydrogens is 988 g/mol. The SMILES string of the molecule is CC(C)c1ccccc1[C@@H]1CN(Cc2ccc(F)c(F)c2)CCN1C1CC2(CCN(c3ccc(C(=O)NS(=O)(=O)c4cnc(NCC5CCC(C)(O)CC5)c([N+](=O)[O-])c4)c(Oc4cnc5[nH]cc(F)c5c4)c3)CC2)C1. The van der Waals surface area contributed by atoms with Gasteiger partial charge in [-0.05, 0) is 123 Å². The Labute approximate surface area is 433 Å². The Hall–Kier alpha value is -6.61. The Bertz CT molecular complexity index is 3220. The highest BCUT2D eigenvalue weighted by molar-refractivity contribution is 7.90. The number of halogens is 3. The Balaban J connectivity index is 0.840. The van der Waals surface area contributed by atoms with Crippen LogP contribution in [0.4, 0.5) is 30.4 Å². The van der Waals surface area contributed by atoms with Crippen LogP contribution in [0, 0.1) is 38.9 Å². The van der Waals surface area contributed by atoms with Crippen molar-refractivity contribution < 1.29 is 41.2 Å². The lowest BCUT2D eigenvalue weighted by molar-refractivity contribution is -0.384. The number of aliphatic hydroxyl groups is 1. The summed E-state index contributed by atoms with van der Waals surface area (Å²) in [5.74, 6) is -2.93. The number of carbonyl (C=O) groups excluding carboxylic acids is 1. The number of amides is 1. The third-order valence-corrected chi connectivity index (χ3v) is 17.4. The number of aromatic amines is 1. The third kappa shape index (κ3) is 11.2. The molecule has 10 rings (SSSR count). The maximum atomic E-state index is 14.7. The topological polar surface area (TPSA) is 199 Å². The molecular formula is C55H62F3N9O7S. The second-order valence-electron chi connectivity index (χ2n) is 21.6. The molecule has 3 aromatic heterocycles. The minimum Gasteiger partial charge on any atom is -0.455 e. The van der Waals surface area contributed by atoms with Crippen molar-refractivity contribution in [2.45, 2.75) is 107 Å². The van der Waals surface area contributed by atoms with Gasteiger partial charge in [-0.15, -0.1) is 0 Å². The average molecular weight is 1050 g/mol. The molecule has 4 N–H and O–H groups in total. The lowest BCUT2D eigenvalue weighted by atomic mass is 9.59. The van der Waals surface area contributed by atoms with Crippen molar-refractivity contribution in [2.24, 2.45) is 11.3 Å². The first kappa shape index (κ1) is 51.9. The molecule has 0 unspecified atom stereocenters. The van der Waals surface area contributed by atoms with Crippen molar-refractivity contribution in [3.05, 3.63) is 141 Å². The monoisotopic (exact) mass is 1050 g/mol. The van der Waals surface area contributed by atoms with E-state index in [1.807, 2.05) is 4.72 Å². The highest BCUT2D eigenvalue weighted by Crippen LogP contribution is 2.53. The fourth-order valence-electron chi connectivity index (χ4n) is 11.7. The van der Waals surface area contributed by atoms with Crippen LogP contribution in [0.3, 0.4) is 0 Å². The van der Waals surface area contributed by atoms with E-state index < -0.39 is 54.5 Å². The maximum absolute atomic E-state index is 14.7. The molecule has 2 saturated carbocycles. The van der Waals surface area contributed by atoms with E-state index in [0.717, 1.165) is 75.0 Å². The molecule has 5 heterocycles. The van der Waals surface area contributed by atoms with Gasteiger partial charge in [-0.25, -0.2) is 36.3 Å². The number of H-pyrrole nitrogens is 1. The number of carbonyl (C=O) groups is 1. The van der Waals surface area contributed by atoms with Crippen molar-refractivity contribution in [1.29, 1.82) is 0 Å². The molecule has 6 aromatic rings. The number of fused-ring (bicyclic) bond motifs is 1. The number of piperazine rings is 1. The summed E-state index contributed by atoms with van der Waals surface area (Å²) in [5, 5.41) is 25.6. The first-order chi connectivity index (χ1) is 35.8. The molecule has 0 radical (unpaired) electrons. The smallest absolute Gasteiger partial charge is 0.312 e. The minimum atomic E-state index is -4.73. The van der Waals surface area contributed by atoms with Gasteiger partial charge in [0.2, 0.25) is 5.82 Å². The zero-order valence-corrected chi connectivity index (χ0v) is 43.0. The zero-order valence-electron chi connectivity index (χ0n) is 42.2. The summed E-state index contributed by atoms with van der Waals surface area (Å²) < 4.78 is 78.6. The molecule has 4 fully saturated rings. The summed E-state index contributed by atoms with van der Waals surface area (Å²) in [6.45, 7) is 10.9. The zero-order chi connectivity index (χ0) is 52.8. The van der Waals surface area contributed by atoms with Crippen molar-refractivity contribution >= 4 is 44.2 Å². The number of aromatic nitrogens is 3. The lowest BCUT2D eigenvalue weighted by Gasteiger charge is -2.58. The van der Waals surface area contributed by atoms with Gasteiger partial charge in [0, 0.05) is 81.9 Å². The van der Waals surface area contributed by atoms with E-state index in [2.05, 4.69) is 73.1 Å². The second-order valence-corrected chi connectivity index (χ2v) is 23.3. The number of piperidine rings is 1. The number of nitro groups is 1. The van der Waals surface area contributed by atoms with Crippen molar-refractivity contribution in [3.8, 4) is 11.5 Å². The molecule has 20 heteroatoms. The van der Waals surface area contributed by atoms with E-state index >= 15 is 0 Å². The number of nitrogens with one attached hydrogen (secondary N) is 3. The van der Waals surface area contributed by atoms with E-state index in [-0.39, 0.29) is 51.3 Å². The van der Waals surface area contributed by atoms with Gasteiger partial charge in [-0.2, -0.15) is 0 Å². The summed E-state index contributed by atoms with van der Waals surface area (Å²) in [5.41, 5.74) is 2.96. The van der Waals surface area contributed by atoms with Crippen LogP contribution in [0.5, 0.6) is 11.5 Å². The van der Waals surface area contributed by atoms with Gasteiger partial charge in [0.05, 0.1) is 33.9 Å².